The first kappa shape index (κ1) is 18.4. The number of fused-ring (bicyclic) bond motifs is 1. The van der Waals surface area contributed by atoms with Crippen LogP contribution in [-0.4, -0.2) is 46.6 Å². The SMILES string of the molecule is O=c1c2cc(Cl)c(Br)cc2ncn1CC1(CC2NCCCC2O)COC1. The lowest BCUT2D eigenvalue weighted by molar-refractivity contribution is -0.136. The number of ether oxygens (including phenoxy) is 1. The van der Waals surface area contributed by atoms with Gasteiger partial charge in [0.25, 0.3) is 5.56 Å². The second kappa shape index (κ2) is 7.20. The monoisotopic (exact) mass is 441 g/mol. The average molecular weight is 443 g/mol. The largest absolute Gasteiger partial charge is 0.392 e. The summed E-state index contributed by atoms with van der Waals surface area (Å²) >= 11 is 9.51. The smallest absolute Gasteiger partial charge is 0.261 e. The zero-order valence-corrected chi connectivity index (χ0v) is 16.6. The molecule has 1 aromatic heterocycles. The van der Waals surface area contributed by atoms with E-state index in [-0.39, 0.29) is 23.1 Å². The van der Waals surface area contributed by atoms with Crippen LogP contribution in [0.25, 0.3) is 10.9 Å². The number of hydrogen-bond acceptors (Lipinski definition) is 5. The molecule has 2 unspecified atom stereocenters. The number of hydrogen-bond donors (Lipinski definition) is 2. The summed E-state index contributed by atoms with van der Waals surface area (Å²) in [6.45, 7) is 2.61. The van der Waals surface area contributed by atoms with Gasteiger partial charge in [0, 0.05) is 22.5 Å². The summed E-state index contributed by atoms with van der Waals surface area (Å²) < 4.78 is 7.84. The molecule has 2 atom stereocenters. The molecule has 26 heavy (non-hydrogen) atoms. The molecule has 2 saturated heterocycles. The van der Waals surface area contributed by atoms with E-state index in [0.717, 1.165) is 30.3 Å². The van der Waals surface area contributed by atoms with Crippen LogP contribution in [0.15, 0.2) is 27.7 Å². The third kappa shape index (κ3) is 3.43. The maximum absolute atomic E-state index is 12.9. The molecule has 1 aromatic carbocycles. The number of halogens is 2. The van der Waals surface area contributed by atoms with E-state index in [9.17, 15) is 9.90 Å². The number of nitrogens with zero attached hydrogens (tertiary/aromatic N) is 2. The van der Waals surface area contributed by atoms with Crippen LogP contribution in [0.4, 0.5) is 0 Å². The van der Waals surface area contributed by atoms with Crippen molar-refractivity contribution in [3.8, 4) is 0 Å². The van der Waals surface area contributed by atoms with Crippen molar-refractivity contribution in [2.24, 2.45) is 5.41 Å². The van der Waals surface area contributed by atoms with Crippen LogP contribution in [0.1, 0.15) is 19.3 Å². The Labute approximate surface area is 164 Å². The molecule has 8 heteroatoms. The minimum Gasteiger partial charge on any atom is -0.392 e. The quantitative estimate of drug-likeness (QED) is 0.760. The summed E-state index contributed by atoms with van der Waals surface area (Å²) in [6, 6.07) is 3.46. The van der Waals surface area contributed by atoms with Crippen LogP contribution in [0.2, 0.25) is 5.02 Å². The number of benzene rings is 1. The zero-order valence-electron chi connectivity index (χ0n) is 14.3. The van der Waals surface area contributed by atoms with Crippen molar-refractivity contribution in [3.63, 3.8) is 0 Å². The fraction of sp³-hybridized carbons (Fsp3) is 0.556. The Bertz CT molecular complexity index is 884. The number of aliphatic hydroxyl groups excluding tert-OH is 1. The highest BCUT2D eigenvalue weighted by Crippen LogP contribution is 2.36. The minimum absolute atomic E-state index is 0.0437. The Morgan fingerprint density at radius 3 is 2.96 bits per heavy atom. The second-order valence-electron chi connectivity index (χ2n) is 7.43. The van der Waals surface area contributed by atoms with Gasteiger partial charge in [-0.25, -0.2) is 4.98 Å². The van der Waals surface area contributed by atoms with Gasteiger partial charge in [0.2, 0.25) is 0 Å². The molecule has 0 aliphatic carbocycles. The maximum atomic E-state index is 12.9. The highest BCUT2D eigenvalue weighted by atomic mass is 79.9. The van der Waals surface area contributed by atoms with Crippen molar-refractivity contribution < 1.29 is 9.84 Å². The molecule has 4 rings (SSSR count). The summed E-state index contributed by atoms with van der Waals surface area (Å²) in [7, 11) is 0. The summed E-state index contributed by atoms with van der Waals surface area (Å²) in [6.07, 6.45) is 3.84. The number of aliphatic hydroxyl groups is 1. The lowest BCUT2D eigenvalue weighted by atomic mass is 9.77. The molecule has 0 bridgehead atoms. The van der Waals surface area contributed by atoms with Gasteiger partial charge < -0.3 is 15.2 Å². The first-order valence-corrected chi connectivity index (χ1v) is 9.98. The van der Waals surface area contributed by atoms with Gasteiger partial charge in [-0.1, -0.05) is 11.6 Å². The van der Waals surface area contributed by atoms with E-state index in [0.29, 0.717) is 35.7 Å². The van der Waals surface area contributed by atoms with Gasteiger partial charge in [0.1, 0.15) is 0 Å². The molecule has 2 N–H and O–H groups in total. The molecule has 0 saturated carbocycles. The molecule has 2 aromatic rings. The summed E-state index contributed by atoms with van der Waals surface area (Å²) in [5, 5.41) is 14.7. The lowest BCUT2D eigenvalue weighted by Gasteiger charge is -2.45. The Kier molecular flexibility index (Phi) is 5.09. The molecule has 0 spiro atoms. The third-order valence-electron chi connectivity index (χ3n) is 5.39. The van der Waals surface area contributed by atoms with Crippen LogP contribution in [0.3, 0.4) is 0 Å². The molecule has 0 radical (unpaired) electrons. The topological polar surface area (TPSA) is 76.4 Å². The zero-order chi connectivity index (χ0) is 18.3. The Morgan fingerprint density at radius 2 is 2.27 bits per heavy atom. The van der Waals surface area contributed by atoms with Gasteiger partial charge in [0.15, 0.2) is 0 Å². The van der Waals surface area contributed by atoms with E-state index in [2.05, 4.69) is 26.2 Å². The van der Waals surface area contributed by atoms with Crippen molar-refractivity contribution in [2.45, 2.75) is 38.0 Å². The Morgan fingerprint density at radius 1 is 1.46 bits per heavy atom. The van der Waals surface area contributed by atoms with Crippen molar-refractivity contribution in [1.29, 1.82) is 0 Å². The lowest BCUT2D eigenvalue weighted by Crippen LogP contribution is -2.55. The van der Waals surface area contributed by atoms with E-state index in [4.69, 9.17) is 16.3 Å². The molecule has 6 nitrogen and oxygen atoms in total. The third-order valence-corrected chi connectivity index (χ3v) is 6.59. The highest BCUT2D eigenvalue weighted by molar-refractivity contribution is 9.10. The van der Waals surface area contributed by atoms with Crippen LogP contribution in [0.5, 0.6) is 0 Å². The van der Waals surface area contributed by atoms with Crippen molar-refractivity contribution >= 4 is 38.4 Å². The fourth-order valence-electron chi connectivity index (χ4n) is 3.90. The van der Waals surface area contributed by atoms with Crippen molar-refractivity contribution in [2.75, 3.05) is 19.8 Å². The van der Waals surface area contributed by atoms with Crippen LogP contribution in [-0.2, 0) is 11.3 Å². The van der Waals surface area contributed by atoms with E-state index in [1.807, 2.05) is 0 Å². The van der Waals surface area contributed by atoms with Gasteiger partial charge in [-0.2, -0.15) is 0 Å². The van der Waals surface area contributed by atoms with E-state index in [1.54, 1.807) is 23.0 Å². The van der Waals surface area contributed by atoms with E-state index in [1.165, 1.54) is 0 Å². The maximum Gasteiger partial charge on any atom is 0.261 e. The molecule has 2 fully saturated rings. The van der Waals surface area contributed by atoms with Crippen LogP contribution in [0, 0.1) is 5.41 Å². The Balaban J connectivity index is 1.61. The van der Waals surface area contributed by atoms with E-state index >= 15 is 0 Å². The fourth-order valence-corrected chi connectivity index (χ4v) is 4.40. The molecule has 0 amide bonds. The van der Waals surface area contributed by atoms with Crippen LogP contribution < -0.4 is 10.9 Å². The molecule has 2 aliphatic rings. The van der Waals surface area contributed by atoms with Crippen LogP contribution >= 0.6 is 27.5 Å². The first-order valence-electron chi connectivity index (χ1n) is 8.81. The number of aromatic nitrogens is 2. The Hall–Kier alpha value is -0.990. The number of piperidine rings is 1. The molecule has 2 aliphatic heterocycles. The predicted molar refractivity (Wildman–Crippen MR) is 104 cm³/mol. The standard InChI is InChI=1S/C18H21BrClN3O3/c19-12-5-14-11(4-13(12)20)17(25)23(10-22-14)7-18(8-26-9-18)6-15-16(24)2-1-3-21-15/h4-5,10,15-16,21,24H,1-3,6-9H2. The minimum atomic E-state index is -0.344. The molecule has 3 heterocycles. The summed E-state index contributed by atoms with van der Waals surface area (Å²) in [5.41, 5.74) is 0.354. The van der Waals surface area contributed by atoms with Gasteiger partial charge in [0.05, 0.1) is 41.6 Å². The number of nitrogens with one attached hydrogen (secondary N) is 1. The van der Waals surface area contributed by atoms with Crippen molar-refractivity contribution in [3.05, 3.63) is 38.3 Å². The van der Waals surface area contributed by atoms with Gasteiger partial charge in [-0.05, 0) is 53.9 Å². The van der Waals surface area contributed by atoms with Crippen molar-refractivity contribution in [1.82, 2.24) is 14.9 Å². The van der Waals surface area contributed by atoms with Gasteiger partial charge in [-0.3, -0.25) is 9.36 Å². The predicted octanol–water partition coefficient (Wildman–Crippen LogP) is 2.33. The number of rotatable bonds is 4. The molecular formula is C18H21BrClN3O3. The normalized spacial score (nSPS) is 25.2. The van der Waals surface area contributed by atoms with Gasteiger partial charge >= 0.3 is 0 Å². The molecule has 140 valence electrons. The average Bonchev–Trinajstić information content (AvgIpc) is 2.59. The first-order chi connectivity index (χ1) is 12.5. The molecular weight excluding hydrogens is 422 g/mol. The van der Waals surface area contributed by atoms with E-state index < -0.39 is 0 Å². The second-order valence-corrected chi connectivity index (χ2v) is 8.69. The summed E-state index contributed by atoms with van der Waals surface area (Å²) in [5.74, 6) is 0. The summed E-state index contributed by atoms with van der Waals surface area (Å²) in [4.78, 5) is 17.3. The van der Waals surface area contributed by atoms with Gasteiger partial charge in [-0.15, -0.1) is 0 Å². The highest BCUT2D eigenvalue weighted by Gasteiger charge is 2.43.